The summed E-state index contributed by atoms with van der Waals surface area (Å²) in [7, 11) is 0. The summed E-state index contributed by atoms with van der Waals surface area (Å²) in [5.41, 5.74) is 1.48. The molecule has 16 heavy (non-hydrogen) atoms. The van der Waals surface area contributed by atoms with Crippen LogP contribution in [0.5, 0.6) is 0 Å². The summed E-state index contributed by atoms with van der Waals surface area (Å²) >= 11 is 0. The van der Waals surface area contributed by atoms with Gasteiger partial charge in [0.15, 0.2) is 0 Å². The van der Waals surface area contributed by atoms with Gasteiger partial charge in [0.05, 0.1) is 6.10 Å². The highest BCUT2D eigenvalue weighted by Crippen LogP contribution is 2.22. The predicted octanol–water partition coefficient (Wildman–Crippen LogP) is 4.64. The highest BCUT2D eigenvalue weighted by molar-refractivity contribution is 5.26. The van der Waals surface area contributed by atoms with Gasteiger partial charge in [0.25, 0.3) is 0 Å². The molecule has 0 aromatic carbocycles. The first-order chi connectivity index (χ1) is 7.88. The maximum Gasteiger partial charge on any atom is 0.0791 e. The number of unbranched alkanes of at least 4 members (excludes halogenated alkanes) is 3. The molecule has 1 atom stereocenters. The molecular formula is C15H26O. The molecule has 0 heterocycles. The molecule has 0 aliphatic heterocycles. The Balaban J connectivity index is 2.29. The van der Waals surface area contributed by atoms with Crippen LogP contribution in [0.15, 0.2) is 23.8 Å². The molecule has 1 aliphatic rings. The van der Waals surface area contributed by atoms with E-state index in [4.69, 9.17) is 4.74 Å². The Labute approximate surface area is 101 Å². The van der Waals surface area contributed by atoms with Crippen LogP contribution in [-0.2, 0) is 4.74 Å². The van der Waals surface area contributed by atoms with Gasteiger partial charge >= 0.3 is 0 Å². The molecule has 0 saturated heterocycles. The minimum Gasteiger partial charge on any atom is -0.374 e. The lowest BCUT2D eigenvalue weighted by atomic mass is 10.0. The Morgan fingerprint density at radius 1 is 1.19 bits per heavy atom. The van der Waals surface area contributed by atoms with E-state index in [1.54, 1.807) is 0 Å². The molecule has 0 bridgehead atoms. The van der Waals surface area contributed by atoms with E-state index in [1.165, 1.54) is 44.1 Å². The average Bonchev–Trinajstić information content (AvgIpc) is 2.81. The zero-order chi connectivity index (χ0) is 11.6. The Morgan fingerprint density at radius 3 is 2.62 bits per heavy atom. The van der Waals surface area contributed by atoms with Crippen LogP contribution in [0.4, 0.5) is 0 Å². The maximum atomic E-state index is 6.00. The molecule has 1 heteroatoms. The monoisotopic (exact) mass is 222 g/mol. The van der Waals surface area contributed by atoms with Gasteiger partial charge in [-0.15, -0.1) is 0 Å². The van der Waals surface area contributed by atoms with Crippen molar-refractivity contribution in [2.24, 2.45) is 0 Å². The molecule has 92 valence electrons. The Morgan fingerprint density at radius 2 is 2.00 bits per heavy atom. The quantitative estimate of drug-likeness (QED) is 0.516. The Kier molecular flexibility index (Phi) is 7.24. The Bertz CT molecular complexity index is 218. The fourth-order valence-corrected chi connectivity index (χ4v) is 2.03. The lowest BCUT2D eigenvalue weighted by Crippen LogP contribution is -2.16. The normalized spacial score (nSPS) is 16.5. The average molecular weight is 222 g/mol. The number of hydrogen-bond acceptors (Lipinski definition) is 1. The molecule has 1 aliphatic carbocycles. The van der Waals surface area contributed by atoms with Crippen molar-refractivity contribution in [3.05, 3.63) is 23.8 Å². The van der Waals surface area contributed by atoms with Gasteiger partial charge in [-0.3, -0.25) is 0 Å². The molecular weight excluding hydrogens is 196 g/mol. The smallest absolute Gasteiger partial charge is 0.0791 e. The number of ether oxygens (including phenoxy) is 1. The third-order valence-corrected chi connectivity index (χ3v) is 3.10. The van der Waals surface area contributed by atoms with Crippen molar-refractivity contribution >= 4 is 0 Å². The highest BCUT2D eigenvalue weighted by Gasteiger charge is 2.14. The number of hydrogen-bond donors (Lipinski definition) is 0. The molecule has 0 amide bonds. The van der Waals surface area contributed by atoms with E-state index in [9.17, 15) is 0 Å². The largest absolute Gasteiger partial charge is 0.374 e. The second kappa shape index (κ2) is 8.58. The summed E-state index contributed by atoms with van der Waals surface area (Å²) in [6.07, 6.45) is 15.6. The van der Waals surface area contributed by atoms with Gasteiger partial charge in [-0.25, -0.2) is 0 Å². The van der Waals surface area contributed by atoms with Crippen LogP contribution in [0, 0.1) is 0 Å². The van der Waals surface area contributed by atoms with Crippen molar-refractivity contribution in [2.75, 3.05) is 6.61 Å². The summed E-state index contributed by atoms with van der Waals surface area (Å²) in [4.78, 5) is 0. The van der Waals surface area contributed by atoms with E-state index in [0.717, 1.165) is 13.0 Å². The first-order valence-electron chi connectivity index (χ1n) is 6.85. The number of rotatable bonds is 9. The topological polar surface area (TPSA) is 9.23 Å². The third-order valence-electron chi connectivity index (χ3n) is 3.10. The van der Waals surface area contributed by atoms with Gasteiger partial charge in [0, 0.05) is 6.61 Å². The van der Waals surface area contributed by atoms with Crippen LogP contribution >= 0.6 is 0 Å². The van der Waals surface area contributed by atoms with E-state index < -0.39 is 0 Å². The van der Waals surface area contributed by atoms with Crippen molar-refractivity contribution in [2.45, 2.75) is 64.9 Å². The summed E-state index contributed by atoms with van der Waals surface area (Å²) in [6.45, 7) is 5.39. The standard InChI is InChI=1S/C15H26O/c1-3-5-7-12-15(16-13-6-4-2)14-10-8-9-11-14/h8-10,15H,3-7,11-13H2,1-2H3. The van der Waals surface area contributed by atoms with E-state index in [1.807, 2.05) is 0 Å². The predicted molar refractivity (Wildman–Crippen MR) is 70.6 cm³/mol. The maximum absolute atomic E-state index is 6.00. The van der Waals surface area contributed by atoms with E-state index in [-0.39, 0.29) is 0 Å². The second-order valence-electron chi connectivity index (χ2n) is 4.58. The molecule has 0 N–H and O–H groups in total. The van der Waals surface area contributed by atoms with Gasteiger partial charge in [0.1, 0.15) is 0 Å². The van der Waals surface area contributed by atoms with Crippen LogP contribution in [0.1, 0.15) is 58.8 Å². The molecule has 1 rings (SSSR count). The fraction of sp³-hybridized carbons (Fsp3) is 0.733. The van der Waals surface area contributed by atoms with Crippen molar-refractivity contribution in [1.82, 2.24) is 0 Å². The van der Waals surface area contributed by atoms with E-state index >= 15 is 0 Å². The van der Waals surface area contributed by atoms with Gasteiger partial charge in [-0.1, -0.05) is 57.8 Å². The minimum absolute atomic E-state index is 0.382. The SMILES string of the molecule is CCCCCC(OCCCC)C1=CC=CC1. The van der Waals surface area contributed by atoms with E-state index in [0.29, 0.717) is 6.10 Å². The van der Waals surface area contributed by atoms with Gasteiger partial charge < -0.3 is 4.74 Å². The van der Waals surface area contributed by atoms with E-state index in [2.05, 4.69) is 32.1 Å². The van der Waals surface area contributed by atoms with Crippen LogP contribution in [0.3, 0.4) is 0 Å². The van der Waals surface area contributed by atoms with Crippen LogP contribution in [0.2, 0.25) is 0 Å². The lowest BCUT2D eigenvalue weighted by molar-refractivity contribution is 0.0669. The number of allylic oxidation sites excluding steroid dienone is 3. The van der Waals surface area contributed by atoms with Crippen molar-refractivity contribution in [3.8, 4) is 0 Å². The zero-order valence-corrected chi connectivity index (χ0v) is 10.9. The zero-order valence-electron chi connectivity index (χ0n) is 10.9. The molecule has 0 saturated carbocycles. The summed E-state index contributed by atoms with van der Waals surface area (Å²) in [6, 6.07) is 0. The first-order valence-corrected chi connectivity index (χ1v) is 6.85. The molecule has 1 nitrogen and oxygen atoms in total. The van der Waals surface area contributed by atoms with Gasteiger partial charge in [-0.05, 0) is 24.8 Å². The van der Waals surface area contributed by atoms with Crippen LogP contribution < -0.4 is 0 Å². The molecule has 0 aromatic rings. The fourth-order valence-electron chi connectivity index (χ4n) is 2.03. The Hall–Kier alpha value is -0.560. The van der Waals surface area contributed by atoms with Crippen LogP contribution in [0.25, 0.3) is 0 Å². The molecule has 1 unspecified atom stereocenters. The van der Waals surface area contributed by atoms with Crippen molar-refractivity contribution in [1.29, 1.82) is 0 Å². The first kappa shape index (κ1) is 13.5. The third kappa shape index (κ3) is 4.98. The van der Waals surface area contributed by atoms with Gasteiger partial charge in [-0.2, -0.15) is 0 Å². The van der Waals surface area contributed by atoms with Crippen LogP contribution in [-0.4, -0.2) is 12.7 Å². The molecule has 0 aromatic heterocycles. The minimum atomic E-state index is 0.382. The summed E-state index contributed by atoms with van der Waals surface area (Å²) in [5, 5.41) is 0. The molecule has 0 spiro atoms. The molecule has 0 radical (unpaired) electrons. The molecule has 0 fully saturated rings. The highest BCUT2D eigenvalue weighted by atomic mass is 16.5. The summed E-state index contributed by atoms with van der Waals surface area (Å²) < 4.78 is 6.00. The van der Waals surface area contributed by atoms with Crippen molar-refractivity contribution < 1.29 is 4.74 Å². The second-order valence-corrected chi connectivity index (χ2v) is 4.58. The lowest BCUT2D eigenvalue weighted by Gasteiger charge is -2.19. The summed E-state index contributed by atoms with van der Waals surface area (Å²) in [5.74, 6) is 0. The van der Waals surface area contributed by atoms with Crippen molar-refractivity contribution in [3.63, 3.8) is 0 Å². The van der Waals surface area contributed by atoms with Gasteiger partial charge in [0.2, 0.25) is 0 Å².